The quantitative estimate of drug-likeness (QED) is 0.925. The van der Waals surface area contributed by atoms with Crippen LogP contribution in [0, 0.1) is 5.92 Å². The highest BCUT2D eigenvalue weighted by atomic mass is 35.5. The Morgan fingerprint density at radius 2 is 1.95 bits per heavy atom. The summed E-state index contributed by atoms with van der Waals surface area (Å²) in [6.07, 6.45) is 4.88. The summed E-state index contributed by atoms with van der Waals surface area (Å²) in [4.78, 5) is 4.92. The van der Waals surface area contributed by atoms with Gasteiger partial charge in [-0.15, -0.1) is 0 Å². The normalized spacial score (nSPS) is 23.7. The molecule has 2 fully saturated rings. The molecule has 21 heavy (non-hydrogen) atoms. The van der Waals surface area contributed by atoms with Gasteiger partial charge in [0, 0.05) is 49.1 Å². The lowest BCUT2D eigenvalue weighted by atomic mass is 9.98. The minimum absolute atomic E-state index is 0.304. The van der Waals surface area contributed by atoms with Crippen LogP contribution >= 0.6 is 11.6 Å². The van der Waals surface area contributed by atoms with E-state index in [1.165, 1.54) is 30.5 Å². The molecule has 0 aliphatic carbocycles. The molecule has 1 aromatic carbocycles. The Bertz CT molecular complexity index is 474. The first-order valence-electron chi connectivity index (χ1n) is 8.13. The molecule has 2 heterocycles. The molecular formula is C17H25ClN2O. The largest absolute Gasteiger partial charge is 0.396 e. The van der Waals surface area contributed by atoms with Crippen molar-refractivity contribution in [3.63, 3.8) is 0 Å². The van der Waals surface area contributed by atoms with Gasteiger partial charge in [-0.25, -0.2) is 0 Å². The number of nitrogens with zero attached hydrogens (tertiary/aromatic N) is 2. The fourth-order valence-corrected chi connectivity index (χ4v) is 3.85. The van der Waals surface area contributed by atoms with Crippen molar-refractivity contribution < 1.29 is 5.11 Å². The number of likely N-dealkylation sites (tertiary alicyclic amines) is 1. The number of halogens is 1. The fraction of sp³-hybridized carbons (Fsp3) is 0.647. The molecule has 1 unspecified atom stereocenters. The third-order valence-electron chi connectivity index (χ3n) is 4.78. The van der Waals surface area contributed by atoms with E-state index in [4.69, 9.17) is 11.6 Å². The average Bonchev–Trinajstić information content (AvgIpc) is 3.04. The molecule has 2 aliphatic heterocycles. The molecule has 0 saturated carbocycles. The number of hydrogen-bond donors (Lipinski definition) is 1. The van der Waals surface area contributed by atoms with Crippen LogP contribution in [0.5, 0.6) is 0 Å². The van der Waals surface area contributed by atoms with Crippen molar-refractivity contribution in [1.82, 2.24) is 4.90 Å². The zero-order valence-corrected chi connectivity index (χ0v) is 13.4. The minimum atomic E-state index is 0.304. The van der Waals surface area contributed by atoms with Crippen molar-refractivity contribution in [3.8, 4) is 0 Å². The molecule has 3 nitrogen and oxygen atoms in total. The number of aliphatic hydroxyl groups excluding tert-OH is 1. The van der Waals surface area contributed by atoms with Crippen molar-refractivity contribution >= 4 is 17.3 Å². The molecule has 116 valence electrons. The predicted molar refractivity (Wildman–Crippen MR) is 88.0 cm³/mol. The molecule has 0 bridgehead atoms. The van der Waals surface area contributed by atoms with E-state index < -0.39 is 0 Å². The second-order valence-corrected chi connectivity index (χ2v) is 6.76. The average molecular weight is 309 g/mol. The van der Waals surface area contributed by atoms with Gasteiger partial charge >= 0.3 is 0 Å². The van der Waals surface area contributed by atoms with E-state index in [-0.39, 0.29) is 0 Å². The minimum Gasteiger partial charge on any atom is -0.396 e. The molecule has 0 radical (unpaired) electrons. The van der Waals surface area contributed by atoms with Crippen LogP contribution in [-0.2, 0) is 6.54 Å². The van der Waals surface area contributed by atoms with Crippen LogP contribution in [-0.4, -0.2) is 42.8 Å². The van der Waals surface area contributed by atoms with Gasteiger partial charge in [0.1, 0.15) is 0 Å². The van der Waals surface area contributed by atoms with Crippen LogP contribution in [0.15, 0.2) is 18.2 Å². The molecular weight excluding hydrogens is 284 g/mol. The maximum atomic E-state index is 9.40. The van der Waals surface area contributed by atoms with Gasteiger partial charge in [0.15, 0.2) is 0 Å². The maximum absolute atomic E-state index is 9.40. The molecule has 3 rings (SSSR count). The van der Waals surface area contributed by atoms with Crippen LogP contribution < -0.4 is 4.90 Å². The van der Waals surface area contributed by atoms with Gasteiger partial charge in [0.05, 0.1) is 0 Å². The molecule has 0 aromatic heterocycles. The monoisotopic (exact) mass is 308 g/mol. The smallest absolute Gasteiger partial charge is 0.0471 e. The first-order chi connectivity index (χ1) is 10.3. The van der Waals surface area contributed by atoms with Crippen LogP contribution in [0.3, 0.4) is 0 Å². The summed E-state index contributed by atoms with van der Waals surface area (Å²) in [5.74, 6) is 0.427. The topological polar surface area (TPSA) is 26.7 Å². The lowest BCUT2D eigenvalue weighted by molar-refractivity contribution is 0.116. The first kappa shape index (κ1) is 15.1. The number of anilines is 1. The summed E-state index contributed by atoms with van der Waals surface area (Å²) in [6.45, 7) is 5.60. The molecule has 1 aromatic rings. The Hall–Kier alpha value is -0.770. The molecule has 1 N–H and O–H groups in total. The van der Waals surface area contributed by atoms with Gasteiger partial charge < -0.3 is 10.0 Å². The van der Waals surface area contributed by atoms with Gasteiger partial charge in [0.25, 0.3) is 0 Å². The highest BCUT2D eigenvalue weighted by molar-refractivity contribution is 6.31. The second kappa shape index (κ2) is 6.99. The number of benzene rings is 1. The van der Waals surface area contributed by atoms with Crippen molar-refractivity contribution in [2.45, 2.75) is 32.2 Å². The van der Waals surface area contributed by atoms with E-state index >= 15 is 0 Å². The number of hydrogen-bond acceptors (Lipinski definition) is 3. The summed E-state index contributed by atoms with van der Waals surface area (Å²) >= 11 is 6.49. The van der Waals surface area contributed by atoms with Gasteiger partial charge in [-0.05, 0) is 50.3 Å². The highest BCUT2D eigenvalue weighted by Gasteiger charge is 2.23. The Morgan fingerprint density at radius 1 is 1.14 bits per heavy atom. The van der Waals surface area contributed by atoms with Crippen molar-refractivity contribution in [2.24, 2.45) is 5.92 Å². The Morgan fingerprint density at radius 3 is 2.71 bits per heavy atom. The van der Waals surface area contributed by atoms with E-state index in [1.54, 1.807) is 0 Å². The molecule has 2 saturated heterocycles. The molecule has 0 spiro atoms. The van der Waals surface area contributed by atoms with Crippen molar-refractivity contribution in [2.75, 3.05) is 37.7 Å². The summed E-state index contributed by atoms with van der Waals surface area (Å²) in [5, 5.41) is 10.3. The van der Waals surface area contributed by atoms with Gasteiger partial charge in [0.2, 0.25) is 0 Å². The molecule has 4 heteroatoms. The van der Waals surface area contributed by atoms with Crippen LogP contribution in [0.1, 0.15) is 31.2 Å². The third kappa shape index (κ3) is 3.53. The Kier molecular flexibility index (Phi) is 5.04. The van der Waals surface area contributed by atoms with E-state index in [9.17, 15) is 5.11 Å². The number of aliphatic hydroxyl groups is 1. The zero-order valence-electron chi connectivity index (χ0n) is 12.6. The van der Waals surface area contributed by atoms with E-state index in [2.05, 4.69) is 21.9 Å². The van der Waals surface area contributed by atoms with E-state index in [0.29, 0.717) is 12.5 Å². The van der Waals surface area contributed by atoms with E-state index in [1.807, 2.05) is 6.07 Å². The summed E-state index contributed by atoms with van der Waals surface area (Å²) in [7, 11) is 0. The lowest BCUT2D eigenvalue weighted by Crippen LogP contribution is -2.36. The lowest BCUT2D eigenvalue weighted by Gasteiger charge is -2.33. The van der Waals surface area contributed by atoms with Crippen LogP contribution in [0.2, 0.25) is 5.02 Å². The molecule has 1 atom stereocenters. The second-order valence-electron chi connectivity index (χ2n) is 6.36. The van der Waals surface area contributed by atoms with Crippen LogP contribution in [0.4, 0.5) is 5.69 Å². The molecule has 0 amide bonds. The maximum Gasteiger partial charge on any atom is 0.0471 e. The van der Waals surface area contributed by atoms with Gasteiger partial charge in [-0.1, -0.05) is 17.7 Å². The van der Waals surface area contributed by atoms with Crippen LogP contribution in [0.25, 0.3) is 0 Å². The first-order valence-corrected chi connectivity index (χ1v) is 8.51. The summed E-state index contributed by atoms with van der Waals surface area (Å²) in [5.41, 5.74) is 2.57. The standard InChI is InChI=1S/C17H25ClN2O/c18-16-6-3-7-17(20-9-1-2-10-20)15(16)12-19-8-4-5-14(11-19)13-21/h3,6-7,14,21H,1-2,4-5,8-13H2. The Labute approximate surface area is 132 Å². The molecule has 2 aliphatic rings. The number of rotatable bonds is 4. The summed E-state index contributed by atoms with van der Waals surface area (Å²) in [6, 6.07) is 6.27. The summed E-state index contributed by atoms with van der Waals surface area (Å²) < 4.78 is 0. The zero-order chi connectivity index (χ0) is 14.7. The van der Waals surface area contributed by atoms with Gasteiger partial charge in [-0.3, -0.25) is 4.90 Å². The van der Waals surface area contributed by atoms with E-state index in [0.717, 1.165) is 44.2 Å². The highest BCUT2D eigenvalue weighted by Crippen LogP contribution is 2.32. The van der Waals surface area contributed by atoms with Crippen molar-refractivity contribution in [1.29, 1.82) is 0 Å². The van der Waals surface area contributed by atoms with Gasteiger partial charge in [-0.2, -0.15) is 0 Å². The predicted octanol–water partition coefficient (Wildman–Crippen LogP) is 3.14. The van der Waals surface area contributed by atoms with Crippen molar-refractivity contribution in [3.05, 3.63) is 28.8 Å². The Balaban J connectivity index is 1.77. The fourth-order valence-electron chi connectivity index (χ4n) is 3.63. The SMILES string of the molecule is OCC1CCCN(Cc2c(Cl)cccc2N2CCCC2)C1. The number of piperidine rings is 1. The third-order valence-corrected chi connectivity index (χ3v) is 5.14.